The second-order valence-corrected chi connectivity index (χ2v) is 7.36. The quantitative estimate of drug-likeness (QED) is 0.815. The number of hydrogen-bond acceptors (Lipinski definition) is 3. The van der Waals surface area contributed by atoms with E-state index >= 15 is 0 Å². The molecule has 1 unspecified atom stereocenters. The predicted molar refractivity (Wildman–Crippen MR) is 109 cm³/mol. The molecule has 1 saturated heterocycles. The molecule has 1 atom stereocenters. The summed E-state index contributed by atoms with van der Waals surface area (Å²) in [4.78, 5) is 15.1. The summed E-state index contributed by atoms with van der Waals surface area (Å²) < 4.78 is 5.18. The summed E-state index contributed by atoms with van der Waals surface area (Å²) in [6.45, 7) is 5.33. The molecular formula is C23H30N2O2. The molecule has 0 spiro atoms. The molecule has 27 heavy (non-hydrogen) atoms. The molecule has 2 aromatic carbocycles. The number of amides is 1. The van der Waals surface area contributed by atoms with Gasteiger partial charge in [-0.1, -0.05) is 37.1 Å². The van der Waals surface area contributed by atoms with Crippen LogP contribution in [0.1, 0.15) is 60.1 Å². The maximum Gasteiger partial charge on any atom is 0.251 e. The molecule has 1 heterocycles. The molecular weight excluding hydrogens is 336 g/mol. The molecule has 1 fully saturated rings. The summed E-state index contributed by atoms with van der Waals surface area (Å²) in [6.07, 6.45) is 5.29. The van der Waals surface area contributed by atoms with Crippen molar-refractivity contribution in [2.24, 2.45) is 0 Å². The summed E-state index contributed by atoms with van der Waals surface area (Å²) in [5, 5.41) is 3.07. The first-order chi connectivity index (χ1) is 13.2. The lowest BCUT2D eigenvalue weighted by Crippen LogP contribution is -2.27. The average molecular weight is 367 g/mol. The standard InChI is InChI=1S/C23H30N2O2/c1-18(20-11-13-22(27-2)14-12-20)24-23(26)21-9-7-19(8-10-21)17-25-15-5-3-4-6-16-25/h7-14,18H,3-6,15-17H2,1-2H3,(H,24,26). The van der Waals surface area contributed by atoms with Crippen LogP contribution in [0.25, 0.3) is 0 Å². The van der Waals surface area contributed by atoms with E-state index in [1.54, 1.807) is 7.11 Å². The van der Waals surface area contributed by atoms with Crippen LogP contribution in [-0.2, 0) is 6.54 Å². The highest BCUT2D eigenvalue weighted by Gasteiger charge is 2.13. The molecule has 3 rings (SSSR count). The third-order valence-corrected chi connectivity index (χ3v) is 5.28. The largest absolute Gasteiger partial charge is 0.497 e. The van der Waals surface area contributed by atoms with Gasteiger partial charge in [-0.15, -0.1) is 0 Å². The third-order valence-electron chi connectivity index (χ3n) is 5.28. The Bertz CT molecular complexity index is 717. The number of benzene rings is 2. The second kappa shape index (κ2) is 9.56. The van der Waals surface area contributed by atoms with Crippen LogP contribution in [0.4, 0.5) is 0 Å². The van der Waals surface area contributed by atoms with Gasteiger partial charge in [0.1, 0.15) is 5.75 Å². The van der Waals surface area contributed by atoms with Crippen molar-refractivity contribution in [1.82, 2.24) is 10.2 Å². The fourth-order valence-corrected chi connectivity index (χ4v) is 3.57. The van der Waals surface area contributed by atoms with Crippen LogP contribution in [-0.4, -0.2) is 31.0 Å². The molecule has 4 nitrogen and oxygen atoms in total. The average Bonchev–Trinajstić information content (AvgIpc) is 2.97. The normalized spacial score (nSPS) is 16.4. The summed E-state index contributed by atoms with van der Waals surface area (Å²) >= 11 is 0. The van der Waals surface area contributed by atoms with Crippen molar-refractivity contribution in [3.63, 3.8) is 0 Å². The second-order valence-electron chi connectivity index (χ2n) is 7.36. The molecule has 1 N–H and O–H groups in total. The zero-order valence-corrected chi connectivity index (χ0v) is 16.4. The van der Waals surface area contributed by atoms with Crippen LogP contribution in [0.15, 0.2) is 48.5 Å². The van der Waals surface area contributed by atoms with Crippen LogP contribution < -0.4 is 10.1 Å². The fourth-order valence-electron chi connectivity index (χ4n) is 3.57. The molecule has 1 aliphatic heterocycles. The summed E-state index contributed by atoms with van der Waals surface area (Å²) in [7, 11) is 1.65. The van der Waals surface area contributed by atoms with Gasteiger partial charge in [-0.25, -0.2) is 0 Å². The van der Waals surface area contributed by atoms with Crippen LogP contribution in [0.5, 0.6) is 5.75 Å². The maximum atomic E-state index is 12.6. The number of rotatable bonds is 6. The van der Waals surface area contributed by atoms with Crippen molar-refractivity contribution >= 4 is 5.91 Å². The van der Waals surface area contributed by atoms with E-state index in [0.717, 1.165) is 17.9 Å². The monoisotopic (exact) mass is 366 g/mol. The number of carbonyl (C=O) groups excluding carboxylic acids is 1. The van der Waals surface area contributed by atoms with E-state index in [4.69, 9.17) is 4.74 Å². The Hall–Kier alpha value is -2.33. The van der Waals surface area contributed by atoms with Gasteiger partial charge in [0, 0.05) is 12.1 Å². The van der Waals surface area contributed by atoms with Gasteiger partial charge in [-0.2, -0.15) is 0 Å². The van der Waals surface area contributed by atoms with Gasteiger partial charge in [-0.3, -0.25) is 9.69 Å². The fraction of sp³-hybridized carbons (Fsp3) is 0.435. The molecule has 4 heteroatoms. The zero-order valence-electron chi connectivity index (χ0n) is 16.4. The van der Waals surface area contributed by atoms with Crippen molar-refractivity contribution in [2.75, 3.05) is 20.2 Å². The molecule has 0 saturated carbocycles. The number of methoxy groups -OCH3 is 1. The number of hydrogen-bond donors (Lipinski definition) is 1. The molecule has 0 bridgehead atoms. The summed E-state index contributed by atoms with van der Waals surface area (Å²) in [5.41, 5.74) is 3.04. The maximum absolute atomic E-state index is 12.6. The van der Waals surface area contributed by atoms with Crippen LogP contribution in [0.2, 0.25) is 0 Å². The summed E-state index contributed by atoms with van der Waals surface area (Å²) in [5.74, 6) is 0.775. The van der Waals surface area contributed by atoms with Crippen LogP contribution in [0, 0.1) is 0 Å². The first-order valence-corrected chi connectivity index (χ1v) is 9.92. The van der Waals surface area contributed by atoms with Crippen LogP contribution in [0.3, 0.4) is 0 Å². The number of carbonyl (C=O) groups is 1. The molecule has 1 amide bonds. The molecule has 1 aliphatic rings. The topological polar surface area (TPSA) is 41.6 Å². The van der Waals surface area contributed by atoms with E-state index in [-0.39, 0.29) is 11.9 Å². The minimum absolute atomic E-state index is 0.0420. The van der Waals surface area contributed by atoms with Gasteiger partial charge < -0.3 is 10.1 Å². The number of likely N-dealkylation sites (tertiary alicyclic amines) is 1. The lowest BCUT2D eigenvalue weighted by Gasteiger charge is -2.20. The third kappa shape index (κ3) is 5.57. The van der Waals surface area contributed by atoms with E-state index in [0.29, 0.717) is 5.56 Å². The highest BCUT2D eigenvalue weighted by Crippen LogP contribution is 2.18. The molecule has 0 radical (unpaired) electrons. The van der Waals surface area contributed by atoms with E-state index < -0.39 is 0 Å². The minimum atomic E-state index is -0.0554. The predicted octanol–water partition coefficient (Wildman–Crippen LogP) is 4.56. The Kier molecular flexibility index (Phi) is 6.88. The Labute approximate surface area is 162 Å². The van der Waals surface area contributed by atoms with Crippen LogP contribution >= 0.6 is 0 Å². The van der Waals surface area contributed by atoms with E-state index in [1.165, 1.54) is 44.3 Å². The Morgan fingerprint density at radius 3 is 2.22 bits per heavy atom. The molecule has 0 aromatic heterocycles. The molecule has 2 aromatic rings. The van der Waals surface area contributed by atoms with Crippen molar-refractivity contribution in [3.8, 4) is 5.75 Å². The van der Waals surface area contributed by atoms with Gasteiger partial charge in [0.05, 0.1) is 13.2 Å². The smallest absolute Gasteiger partial charge is 0.251 e. The highest BCUT2D eigenvalue weighted by atomic mass is 16.5. The van der Waals surface area contributed by atoms with E-state index in [1.807, 2.05) is 43.3 Å². The first kappa shape index (κ1) is 19.4. The van der Waals surface area contributed by atoms with E-state index in [2.05, 4.69) is 22.3 Å². The number of nitrogens with one attached hydrogen (secondary N) is 1. The molecule has 0 aliphatic carbocycles. The van der Waals surface area contributed by atoms with Gasteiger partial charge in [-0.05, 0) is 68.2 Å². The van der Waals surface area contributed by atoms with Crippen molar-refractivity contribution in [2.45, 2.75) is 45.2 Å². The van der Waals surface area contributed by atoms with Crippen molar-refractivity contribution < 1.29 is 9.53 Å². The van der Waals surface area contributed by atoms with Gasteiger partial charge >= 0.3 is 0 Å². The SMILES string of the molecule is COc1ccc(C(C)NC(=O)c2ccc(CN3CCCCCC3)cc2)cc1. The van der Waals surface area contributed by atoms with Crippen molar-refractivity contribution in [3.05, 3.63) is 65.2 Å². The van der Waals surface area contributed by atoms with Crippen molar-refractivity contribution in [1.29, 1.82) is 0 Å². The minimum Gasteiger partial charge on any atom is -0.497 e. The Balaban J connectivity index is 1.56. The van der Waals surface area contributed by atoms with E-state index in [9.17, 15) is 4.79 Å². The highest BCUT2D eigenvalue weighted by molar-refractivity contribution is 5.94. The zero-order chi connectivity index (χ0) is 19.1. The lowest BCUT2D eigenvalue weighted by molar-refractivity contribution is 0.0940. The molecule has 144 valence electrons. The Morgan fingerprint density at radius 1 is 1.00 bits per heavy atom. The van der Waals surface area contributed by atoms with Gasteiger partial charge in [0.25, 0.3) is 5.91 Å². The van der Waals surface area contributed by atoms with Gasteiger partial charge in [0.15, 0.2) is 0 Å². The Morgan fingerprint density at radius 2 is 1.63 bits per heavy atom. The lowest BCUT2D eigenvalue weighted by atomic mass is 10.1. The summed E-state index contributed by atoms with van der Waals surface area (Å²) in [6, 6.07) is 15.8. The number of nitrogens with zero attached hydrogens (tertiary/aromatic N) is 1. The first-order valence-electron chi connectivity index (χ1n) is 9.92. The number of ether oxygens (including phenoxy) is 1. The van der Waals surface area contributed by atoms with Gasteiger partial charge in [0.2, 0.25) is 0 Å².